The zero-order chi connectivity index (χ0) is 12.3. The van der Waals surface area contributed by atoms with Gasteiger partial charge in [0, 0.05) is 12.4 Å². The Morgan fingerprint density at radius 1 is 1.24 bits per heavy atom. The van der Waals surface area contributed by atoms with Crippen LogP contribution in [0.2, 0.25) is 0 Å². The molecule has 1 aliphatic rings. The predicted octanol–water partition coefficient (Wildman–Crippen LogP) is 2.34. The molecule has 0 aliphatic heterocycles. The van der Waals surface area contributed by atoms with Gasteiger partial charge in [-0.3, -0.25) is 4.98 Å². The van der Waals surface area contributed by atoms with E-state index in [-0.39, 0.29) is 5.92 Å². The van der Waals surface area contributed by atoms with Crippen molar-refractivity contribution in [2.45, 2.75) is 38.7 Å². The normalized spacial score (nSPS) is 26.5. The molecule has 0 amide bonds. The Labute approximate surface area is 102 Å². The fourth-order valence-corrected chi connectivity index (χ4v) is 2.52. The third kappa shape index (κ3) is 2.75. The average molecular weight is 236 g/mol. The maximum absolute atomic E-state index is 10.4. The fraction of sp³-hybridized carbons (Fsp3) is 0.692. The lowest BCUT2D eigenvalue weighted by molar-refractivity contribution is 0.0692. The first kappa shape index (κ1) is 12.3. The molecule has 0 radical (unpaired) electrons. The van der Waals surface area contributed by atoms with Crippen LogP contribution >= 0.6 is 0 Å². The molecule has 2 rings (SSSR count). The van der Waals surface area contributed by atoms with Crippen molar-refractivity contribution in [3.8, 4) is 5.88 Å². The molecule has 0 bridgehead atoms. The van der Waals surface area contributed by atoms with Gasteiger partial charge in [-0.2, -0.15) is 0 Å². The van der Waals surface area contributed by atoms with Gasteiger partial charge in [-0.25, -0.2) is 4.98 Å². The molecule has 1 aromatic heterocycles. The predicted molar refractivity (Wildman–Crippen MR) is 64.7 cm³/mol. The summed E-state index contributed by atoms with van der Waals surface area (Å²) < 4.78 is 5.14. The Kier molecular flexibility index (Phi) is 3.94. The first-order valence-electron chi connectivity index (χ1n) is 6.25. The van der Waals surface area contributed by atoms with Crippen molar-refractivity contribution in [1.29, 1.82) is 0 Å². The number of hydrogen-bond acceptors (Lipinski definition) is 4. The van der Waals surface area contributed by atoms with Crippen LogP contribution in [0.3, 0.4) is 0 Å². The molecule has 1 aliphatic carbocycles. The van der Waals surface area contributed by atoms with E-state index in [9.17, 15) is 5.11 Å². The van der Waals surface area contributed by atoms with Gasteiger partial charge in [-0.15, -0.1) is 0 Å². The molecule has 4 nitrogen and oxygen atoms in total. The third-order valence-corrected chi connectivity index (χ3v) is 3.67. The summed E-state index contributed by atoms with van der Waals surface area (Å²) in [5.41, 5.74) is 0.578. The molecule has 4 heteroatoms. The fourth-order valence-electron chi connectivity index (χ4n) is 2.52. The molecular formula is C13H20N2O2. The zero-order valence-electron chi connectivity index (χ0n) is 10.5. The van der Waals surface area contributed by atoms with E-state index in [1.165, 1.54) is 12.8 Å². The SMILES string of the molecule is COc1nccnc1C(O)C1CCC(C)CC1. The first-order valence-corrected chi connectivity index (χ1v) is 6.25. The second-order valence-electron chi connectivity index (χ2n) is 4.92. The van der Waals surface area contributed by atoms with Gasteiger partial charge in [0.05, 0.1) is 7.11 Å². The number of aromatic nitrogens is 2. The average Bonchev–Trinajstić information content (AvgIpc) is 2.39. The van der Waals surface area contributed by atoms with Crippen LogP contribution in [0.5, 0.6) is 5.88 Å². The molecule has 1 heterocycles. The Hall–Kier alpha value is -1.16. The number of aliphatic hydroxyl groups excluding tert-OH is 1. The van der Waals surface area contributed by atoms with Crippen LogP contribution in [-0.2, 0) is 0 Å². The molecule has 1 saturated carbocycles. The second kappa shape index (κ2) is 5.45. The Morgan fingerprint density at radius 2 is 1.88 bits per heavy atom. The van der Waals surface area contributed by atoms with Crippen LogP contribution in [0.15, 0.2) is 12.4 Å². The van der Waals surface area contributed by atoms with Gasteiger partial charge in [0.1, 0.15) is 11.8 Å². The maximum Gasteiger partial charge on any atom is 0.238 e. The summed E-state index contributed by atoms with van der Waals surface area (Å²) in [7, 11) is 1.56. The standard InChI is InChI=1S/C13H20N2O2/c1-9-3-5-10(6-4-9)12(16)11-13(17-2)15-8-7-14-11/h7-10,12,16H,3-6H2,1-2H3. The number of rotatable bonds is 3. The van der Waals surface area contributed by atoms with Gasteiger partial charge in [0.25, 0.3) is 0 Å². The molecule has 94 valence electrons. The molecule has 1 unspecified atom stereocenters. The van der Waals surface area contributed by atoms with E-state index in [1.54, 1.807) is 19.5 Å². The summed E-state index contributed by atoms with van der Waals surface area (Å²) in [5, 5.41) is 10.4. The number of ether oxygens (including phenoxy) is 1. The van der Waals surface area contributed by atoms with E-state index in [4.69, 9.17) is 4.74 Å². The monoisotopic (exact) mass is 236 g/mol. The van der Waals surface area contributed by atoms with Gasteiger partial charge in [0.2, 0.25) is 5.88 Å². The Morgan fingerprint density at radius 3 is 2.53 bits per heavy atom. The van der Waals surface area contributed by atoms with Crippen LogP contribution in [0, 0.1) is 11.8 Å². The quantitative estimate of drug-likeness (QED) is 0.875. The van der Waals surface area contributed by atoms with Gasteiger partial charge in [0.15, 0.2) is 0 Å². The second-order valence-corrected chi connectivity index (χ2v) is 4.92. The highest BCUT2D eigenvalue weighted by molar-refractivity contribution is 5.20. The van der Waals surface area contributed by atoms with E-state index in [0.29, 0.717) is 11.6 Å². The summed E-state index contributed by atoms with van der Waals surface area (Å²) >= 11 is 0. The van der Waals surface area contributed by atoms with Crippen molar-refractivity contribution in [3.63, 3.8) is 0 Å². The number of nitrogens with zero attached hydrogens (tertiary/aromatic N) is 2. The smallest absolute Gasteiger partial charge is 0.238 e. The molecule has 1 atom stereocenters. The van der Waals surface area contributed by atoms with Crippen molar-refractivity contribution < 1.29 is 9.84 Å². The van der Waals surface area contributed by atoms with Crippen LogP contribution in [0.4, 0.5) is 0 Å². The highest BCUT2D eigenvalue weighted by Gasteiger charge is 2.28. The Bertz CT molecular complexity index is 362. The van der Waals surface area contributed by atoms with E-state index < -0.39 is 6.10 Å². The zero-order valence-corrected chi connectivity index (χ0v) is 10.5. The third-order valence-electron chi connectivity index (χ3n) is 3.67. The highest BCUT2D eigenvalue weighted by atomic mass is 16.5. The molecule has 1 fully saturated rings. The summed E-state index contributed by atoms with van der Waals surface area (Å²) in [6, 6.07) is 0. The van der Waals surface area contributed by atoms with Crippen molar-refractivity contribution in [2.75, 3.05) is 7.11 Å². The number of aliphatic hydroxyl groups is 1. The van der Waals surface area contributed by atoms with Crippen LogP contribution < -0.4 is 4.74 Å². The largest absolute Gasteiger partial charge is 0.480 e. The Balaban J connectivity index is 2.10. The molecule has 1 aromatic rings. The van der Waals surface area contributed by atoms with Crippen molar-refractivity contribution in [2.24, 2.45) is 11.8 Å². The minimum Gasteiger partial charge on any atom is -0.480 e. The molecule has 1 N–H and O–H groups in total. The molecule has 0 spiro atoms. The summed E-state index contributed by atoms with van der Waals surface area (Å²) in [6.07, 6.45) is 7.12. The van der Waals surface area contributed by atoms with Gasteiger partial charge in [-0.05, 0) is 24.7 Å². The topological polar surface area (TPSA) is 55.2 Å². The lowest BCUT2D eigenvalue weighted by Crippen LogP contribution is -2.20. The highest BCUT2D eigenvalue weighted by Crippen LogP contribution is 2.37. The van der Waals surface area contributed by atoms with Crippen LogP contribution in [0.25, 0.3) is 0 Å². The summed E-state index contributed by atoms with van der Waals surface area (Å²) in [6.45, 7) is 2.27. The minimum atomic E-state index is -0.550. The van der Waals surface area contributed by atoms with Crippen molar-refractivity contribution >= 4 is 0 Å². The van der Waals surface area contributed by atoms with Crippen LogP contribution in [0.1, 0.15) is 44.4 Å². The van der Waals surface area contributed by atoms with Crippen molar-refractivity contribution in [1.82, 2.24) is 9.97 Å². The summed E-state index contributed by atoms with van der Waals surface area (Å²) in [4.78, 5) is 8.29. The van der Waals surface area contributed by atoms with E-state index in [0.717, 1.165) is 18.8 Å². The lowest BCUT2D eigenvalue weighted by atomic mass is 9.79. The number of methoxy groups -OCH3 is 1. The molecule has 0 saturated heterocycles. The minimum absolute atomic E-state index is 0.289. The van der Waals surface area contributed by atoms with E-state index in [2.05, 4.69) is 16.9 Å². The number of hydrogen-bond donors (Lipinski definition) is 1. The van der Waals surface area contributed by atoms with E-state index >= 15 is 0 Å². The first-order chi connectivity index (χ1) is 8.22. The van der Waals surface area contributed by atoms with Crippen molar-refractivity contribution in [3.05, 3.63) is 18.1 Å². The summed E-state index contributed by atoms with van der Waals surface area (Å²) in [5.74, 6) is 1.51. The van der Waals surface area contributed by atoms with Gasteiger partial charge < -0.3 is 9.84 Å². The maximum atomic E-state index is 10.4. The molecular weight excluding hydrogens is 216 g/mol. The van der Waals surface area contributed by atoms with Gasteiger partial charge >= 0.3 is 0 Å². The van der Waals surface area contributed by atoms with E-state index in [1.807, 2.05) is 0 Å². The molecule has 0 aromatic carbocycles. The lowest BCUT2D eigenvalue weighted by Gasteiger charge is -2.29. The van der Waals surface area contributed by atoms with Crippen LogP contribution in [-0.4, -0.2) is 22.2 Å². The van der Waals surface area contributed by atoms with Gasteiger partial charge in [-0.1, -0.05) is 19.8 Å². The molecule has 17 heavy (non-hydrogen) atoms.